The summed E-state index contributed by atoms with van der Waals surface area (Å²) in [4.78, 5) is 16.5. The number of aromatic nitrogens is 2. The number of benzene rings is 1. The molecule has 5 nitrogen and oxygen atoms in total. The van der Waals surface area contributed by atoms with Crippen molar-refractivity contribution in [3.63, 3.8) is 0 Å². The minimum Gasteiger partial charge on any atom is -0.459 e. The summed E-state index contributed by atoms with van der Waals surface area (Å²) in [6, 6.07) is 9.41. The fraction of sp³-hybridized carbons (Fsp3) is 0.294. The number of amides is 1. The van der Waals surface area contributed by atoms with Gasteiger partial charge in [-0.25, -0.2) is 4.98 Å². The molecule has 22 heavy (non-hydrogen) atoms. The predicted octanol–water partition coefficient (Wildman–Crippen LogP) is 3.22. The van der Waals surface area contributed by atoms with E-state index < -0.39 is 0 Å². The van der Waals surface area contributed by atoms with Crippen LogP contribution in [0.5, 0.6) is 0 Å². The largest absolute Gasteiger partial charge is 0.459 e. The maximum atomic E-state index is 11.9. The standard InChI is InChI=1S/C17H19N3O2/c1-11(2)16-19-13-9-12(6-7-14(13)20(16)3)10-18-17(21)15-5-4-8-22-15/h4-9,11H,10H2,1-3H3,(H,18,21). The average molecular weight is 297 g/mol. The second-order valence-electron chi connectivity index (χ2n) is 5.67. The number of nitrogens with zero attached hydrogens (tertiary/aromatic N) is 2. The maximum absolute atomic E-state index is 11.9. The van der Waals surface area contributed by atoms with E-state index in [-0.39, 0.29) is 5.91 Å². The van der Waals surface area contributed by atoms with E-state index in [0.29, 0.717) is 18.2 Å². The molecule has 0 aliphatic rings. The Hall–Kier alpha value is -2.56. The third kappa shape index (κ3) is 2.62. The molecule has 5 heteroatoms. The van der Waals surface area contributed by atoms with Gasteiger partial charge in [0.05, 0.1) is 17.3 Å². The van der Waals surface area contributed by atoms with Crippen molar-refractivity contribution in [1.82, 2.24) is 14.9 Å². The molecule has 0 aliphatic carbocycles. The van der Waals surface area contributed by atoms with E-state index in [9.17, 15) is 4.79 Å². The van der Waals surface area contributed by atoms with Crippen LogP contribution in [0.1, 0.15) is 41.7 Å². The number of fused-ring (bicyclic) bond motifs is 1. The molecule has 0 aliphatic heterocycles. The first-order chi connectivity index (χ1) is 10.6. The fourth-order valence-electron chi connectivity index (χ4n) is 2.57. The zero-order valence-corrected chi connectivity index (χ0v) is 13.0. The molecule has 3 aromatic rings. The molecule has 0 atom stereocenters. The normalized spacial score (nSPS) is 11.3. The lowest BCUT2D eigenvalue weighted by Crippen LogP contribution is -2.22. The van der Waals surface area contributed by atoms with E-state index >= 15 is 0 Å². The molecule has 2 heterocycles. The zero-order chi connectivity index (χ0) is 15.7. The number of furan rings is 1. The van der Waals surface area contributed by atoms with E-state index in [1.165, 1.54) is 6.26 Å². The SMILES string of the molecule is CC(C)c1nc2cc(CNC(=O)c3ccco3)ccc2n1C. The summed E-state index contributed by atoms with van der Waals surface area (Å²) >= 11 is 0. The molecule has 0 saturated carbocycles. The van der Waals surface area contributed by atoms with Gasteiger partial charge in [0.1, 0.15) is 5.82 Å². The number of rotatable bonds is 4. The van der Waals surface area contributed by atoms with Crippen LogP contribution in [0.4, 0.5) is 0 Å². The number of hydrogen-bond donors (Lipinski definition) is 1. The number of carbonyl (C=O) groups excluding carboxylic acids is 1. The molecule has 2 aromatic heterocycles. The van der Waals surface area contributed by atoms with Crippen molar-refractivity contribution in [2.24, 2.45) is 7.05 Å². The minimum atomic E-state index is -0.214. The van der Waals surface area contributed by atoms with Crippen molar-refractivity contribution < 1.29 is 9.21 Å². The van der Waals surface area contributed by atoms with Gasteiger partial charge in [-0.3, -0.25) is 4.79 Å². The lowest BCUT2D eigenvalue weighted by Gasteiger charge is -2.05. The van der Waals surface area contributed by atoms with Crippen molar-refractivity contribution in [3.8, 4) is 0 Å². The molecule has 0 radical (unpaired) electrons. The number of carbonyl (C=O) groups is 1. The van der Waals surface area contributed by atoms with Crippen molar-refractivity contribution >= 4 is 16.9 Å². The Balaban J connectivity index is 1.79. The third-order valence-electron chi connectivity index (χ3n) is 3.69. The topological polar surface area (TPSA) is 60.1 Å². The van der Waals surface area contributed by atoms with E-state index in [4.69, 9.17) is 4.42 Å². The lowest BCUT2D eigenvalue weighted by atomic mass is 10.2. The molecule has 114 valence electrons. The molecular formula is C17H19N3O2. The van der Waals surface area contributed by atoms with Gasteiger partial charge in [-0.1, -0.05) is 19.9 Å². The van der Waals surface area contributed by atoms with Crippen LogP contribution in [0.2, 0.25) is 0 Å². The maximum Gasteiger partial charge on any atom is 0.287 e. The molecule has 1 N–H and O–H groups in total. The second kappa shape index (κ2) is 5.67. The van der Waals surface area contributed by atoms with E-state index in [0.717, 1.165) is 22.4 Å². The number of nitrogens with one attached hydrogen (secondary N) is 1. The minimum absolute atomic E-state index is 0.214. The summed E-state index contributed by atoms with van der Waals surface area (Å²) in [5, 5.41) is 2.84. The summed E-state index contributed by atoms with van der Waals surface area (Å²) in [7, 11) is 2.03. The fourth-order valence-corrected chi connectivity index (χ4v) is 2.57. The van der Waals surface area contributed by atoms with Gasteiger partial charge in [-0.05, 0) is 29.8 Å². The molecular weight excluding hydrogens is 278 g/mol. The summed E-state index contributed by atoms with van der Waals surface area (Å²) in [6.45, 7) is 4.71. The summed E-state index contributed by atoms with van der Waals surface area (Å²) < 4.78 is 7.19. The van der Waals surface area contributed by atoms with Crippen LogP contribution in [-0.2, 0) is 13.6 Å². The molecule has 0 bridgehead atoms. The summed E-state index contributed by atoms with van der Waals surface area (Å²) in [5.74, 6) is 1.54. The lowest BCUT2D eigenvalue weighted by molar-refractivity contribution is 0.0923. The first-order valence-electron chi connectivity index (χ1n) is 7.33. The Labute approximate surface area is 129 Å². The van der Waals surface area contributed by atoms with Gasteiger partial charge in [-0.15, -0.1) is 0 Å². The van der Waals surface area contributed by atoms with Crippen LogP contribution in [0.15, 0.2) is 41.0 Å². The van der Waals surface area contributed by atoms with Gasteiger partial charge < -0.3 is 14.3 Å². The smallest absolute Gasteiger partial charge is 0.287 e. The van der Waals surface area contributed by atoms with Gasteiger partial charge in [0.2, 0.25) is 0 Å². The highest BCUT2D eigenvalue weighted by atomic mass is 16.3. The first-order valence-corrected chi connectivity index (χ1v) is 7.33. The Morgan fingerprint density at radius 1 is 1.36 bits per heavy atom. The van der Waals surface area contributed by atoms with E-state index in [1.54, 1.807) is 12.1 Å². The number of hydrogen-bond acceptors (Lipinski definition) is 3. The van der Waals surface area contributed by atoms with Crippen LogP contribution in [0, 0.1) is 0 Å². The first kappa shape index (κ1) is 14.4. The molecule has 1 aromatic carbocycles. The van der Waals surface area contributed by atoms with E-state index in [1.807, 2.05) is 25.2 Å². The van der Waals surface area contributed by atoms with Crippen LogP contribution in [0.25, 0.3) is 11.0 Å². The highest BCUT2D eigenvalue weighted by Gasteiger charge is 2.12. The van der Waals surface area contributed by atoms with Crippen LogP contribution in [0.3, 0.4) is 0 Å². The zero-order valence-electron chi connectivity index (χ0n) is 13.0. The molecule has 0 fully saturated rings. The van der Waals surface area contributed by atoms with Gasteiger partial charge in [0, 0.05) is 19.5 Å². The number of imidazole rings is 1. The van der Waals surface area contributed by atoms with Gasteiger partial charge in [-0.2, -0.15) is 0 Å². The van der Waals surface area contributed by atoms with Gasteiger partial charge >= 0.3 is 0 Å². The molecule has 3 rings (SSSR count). The molecule has 0 saturated heterocycles. The second-order valence-corrected chi connectivity index (χ2v) is 5.67. The van der Waals surface area contributed by atoms with Gasteiger partial charge in [0.15, 0.2) is 5.76 Å². The predicted molar refractivity (Wildman–Crippen MR) is 84.7 cm³/mol. The van der Waals surface area contributed by atoms with Crippen LogP contribution in [-0.4, -0.2) is 15.5 Å². The highest BCUT2D eigenvalue weighted by molar-refractivity contribution is 5.91. The Bertz CT molecular complexity index is 801. The van der Waals surface area contributed by atoms with Crippen molar-refractivity contribution in [1.29, 1.82) is 0 Å². The monoisotopic (exact) mass is 297 g/mol. The van der Waals surface area contributed by atoms with Crippen molar-refractivity contribution in [2.75, 3.05) is 0 Å². The molecule has 0 unspecified atom stereocenters. The third-order valence-corrected chi connectivity index (χ3v) is 3.69. The van der Waals surface area contributed by atoms with Crippen LogP contribution >= 0.6 is 0 Å². The van der Waals surface area contributed by atoms with Crippen molar-refractivity contribution in [3.05, 3.63) is 53.7 Å². The Morgan fingerprint density at radius 2 is 2.18 bits per heavy atom. The van der Waals surface area contributed by atoms with Crippen LogP contribution < -0.4 is 5.32 Å². The highest BCUT2D eigenvalue weighted by Crippen LogP contribution is 2.21. The summed E-state index contributed by atoms with van der Waals surface area (Å²) in [5.41, 5.74) is 3.07. The molecule has 0 spiro atoms. The Morgan fingerprint density at radius 3 is 2.86 bits per heavy atom. The summed E-state index contributed by atoms with van der Waals surface area (Å²) in [6.07, 6.45) is 1.49. The quantitative estimate of drug-likeness (QED) is 0.804. The van der Waals surface area contributed by atoms with Gasteiger partial charge in [0.25, 0.3) is 5.91 Å². The number of aryl methyl sites for hydroxylation is 1. The Kier molecular flexibility index (Phi) is 3.71. The van der Waals surface area contributed by atoms with E-state index in [2.05, 4.69) is 28.7 Å². The molecule has 1 amide bonds. The average Bonchev–Trinajstić information content (AvgIpc) is 3.13. The van der Waals surface area contributed by atoms with Crippen molar-refractivity contribution in [2.45, 2.75) is 26.3 Å².